The van der Waals surface area contributed by atoms with Crippen LogP contribution in [0.1, 0.15) is 42.5 Å². The zero-order chi connectivity index (χ0) is 22.0. The molecule has 3 aromatic rings. The fourth-order valence-electron chi connectivity index (χ4n) is 3.96. The minimum absolute atomic E-state index is 0.163. The number of nitrogens with one attached hydrogen (secondary N) is 2. The number of anilines is 1. The lowest BCUT2D eigenvalue weighted by atomic mass is 9.90. The highest BCUT2D eigenvalue weighted by atomic mass is 19.4. The number of alkyl halides is 3. The number of rotatable bonds is 5. The first-order chi connectivity index (χ1) is 14.8. The first-order valence-electron chi connectivity index (χ1n) is 10.1. The molecule has 8 heteroatoms. The molecule has 1 aromatic carbocycles. The standard InChI is InChI=1S/C23H22F3N5/c1-15(17-5-2-4-16(12-17)13-27)28-18-8-10-19(11-9-18)29-21-6-3-7-22-30-20(14-31(21)22)23(24,25)26/h2-7,12,14,18-19,28-29H,1,8-11H2. The van der Waals surface area contributed by atoms with Gasteiger partial charge in [0.05, 0.1) is 11.6 Å². The van der Waals surface area contributed by atoms with Crippen molar-refractivity contribution in [2.45, 2.75) is 43.9 Å². The first-order valence-corrected chi connectivity index (χ1v) is 10.1. The third-order valence-corrected chi connectivity index (χ3v) is 5.58. The fraction of sp³-hybridized carbons (Fsp3) is 0.304. The van der Waals surface area contributed by atoms with Gasteiger partial charge in [-0.1, -0.05) is 24.8 Å². The second-order valence-corrected chi connectivity index (χ2v) is 7.77. The zero-order valence-corrected chi connectivity index (χ0v) is 16.8. The molecule has 0 saturated heterocycles. The van der Waals surface area contributed by atoms with Gasteiger partial charge in [0.25, 0.3) is 0 Å². The van der Waals surface area contributed by atoms with E-state index in [0.29, 0.717) is 11.4 Å². The Labute approximate surface area is 178 Å². The van der Waals surface area contributed by atoms with Crippen LogP contribution in [0, 0.1) is 11.3 Å². The van der Waals surface area contributed by atoms with Crippen molar-refractivity contribution in [1.82, 2.24) is 14.7 Å². The highest BCUT2D eigenvalue weighted by Crippen LogP contribution is 2.30. The van der Waals surface area contributed by atoms with Crippen molar-refractivity contribution in [2.75, 3.05) is 5.32 Å². The van der Waals surface area contributed by atoms with Crippen LogP contribution in [-0.2, 0) is 6.18 Å². The van der Waals surface area contributed by atoms with Crippen molar-refractivity contribution in [3.63, 3.8) is 0 Å². The summed E-state index contributed by atoms with van der Waals surface area (Å²) in [7, 11) is 0. The van der Waals surface area contributed by atoms with E-state index in [9.17, 15) is 13.2 Å². The number of aromatic nitrogens is 2. The fourth-order valence-corrected chi connectivity index (χ4v) is 3.96. The molecular formula is C23H22F3N5. The van der Waals surface area contributed by atoms with E-state index in [4.69, 9.17) is 5.26 Å². The summed E-state index contributed by atoms with van der Waals surface area (Å²) in [5.41, 5.74) is 1.65. The minimum atomic E-state index is -4.47. The number of imidazole rings is 1. The van der Waals surface area contributed by atoms with Crippen molar-refractivity contribution in [3.05, 3.63) is 72.1 Å². The Balaban J connectivity index is 1.37. The second kappa shape index (κ2) is 8.34. The van der Waals surface area contributed by atoms with Gasteiger partial charge in [0, 0.05) is 24.0 Å². The van der Waals surface area contributed by atoms with Crippen molar-refractivity contribution in [1.29, 1.82) is 5.26 Å². The summed E-state index contributed by atoms with van der Waals surface area (Å²) in [6.45, 7) is 4.10. The lowest BCUT2D eigenvalue weighted by molar-refractivity contribution is -0.140. The third-order valence-electron chi connectivity index (χ3n) is 5.58. The van der Waals surface area contributed by atoms with Gasteiger partial charge >= 0.3 is 6.18 Å². The van der Waals surface area contributed by atoms with Crippen LogP contribution in [0.25, 0.3) is 11.3 Å². The summed E-state index contributed by atoms with van der Waals surface area (Å²) in [6.07, 6.45) is 0.123. The molecule has 2 N–H and O–H groups in total. The van der Waals surface area contributed by atoms with Gasteiger partial charge in [0.1, 0.15) is 11.5 Å². The van der Waals surface area contributed by atoms with Gasteiger partial charge in [-0.2, -0.15) is 18.4 Å². The number of nitriles is 1. The van der Waals surface area contributed by atoms with Crippen molar-refractivity contribution < 1.29 is 13.2 Å². The minimum Gasteiger partial charge on any atom is -0.382 e. The lowest BCUT2D eigenvalue weighted by Crippen LogP contribution is -2.36. The van der Waals surface area contributed by atoms with Crippen LogP contribution in [0.15, 0.2) is 55.2 Å². The van der Waals surface area contributed by atoms with Crippen LogP contribution in [0.5, 0.6) is 0 Å². The predicted octanol–water partition coefficient (Wildman–Crippen LogP) is 5.21. The summed E-state index contributed by atoms with van der Waals surface area (Å²) in [4.78, 5) is 3.68. The first kappa shape index (κ1) is 20.8. The predicted molar refractivity (Wildman–Crippen MR) is 113 cm³/mol. The normalized spacial score (nSPS) is 19.0. The SMILES string of the molecule is C=C(NC1CCC(Nc2cccc3nc(C(F)(F)F)cn23)CC1)c1cccc(C#N)c1. The van der Waals surface area contributed by atoms with E-state index in [2.05, 4.69) is 28.3 Å². The molecule has 1 aliphatic rings. The summed E-state index contributed by atoms with van der Waals surface area (Å²) in [6, 6.07) is 14.9. The number of pyridine rings is 1. The van der Waals surface area contributed by atoms with Crippen LogP contribution in [0.3, 0.4) is 0 Å². The summed E-state index contributed by atoms with van der Waals surface area (Å²) >= 11 is 0. The molecule has 0 spiro atoms. The summed E-state index contributed by atoms with van der Waals surface area (Å²) in [5, 5.41) is 15.9. The second-order valence-electron chi connectivity index (χ2n) is 7.77. The summed E-state index contributed by atoms with van der Waals surface area (Å²) < 4.78 is 40.5. The Morgan fingerprint density at radius 3 is 2.52 bits per heavy atom. The quantitative estimate of drug-likeness (QED) is 0.589. The Morgan fingerprint density at radius 2 is 1.81 bits per heavy atom. The number of benzene rings is 1. The maximum absolute atomic E-state index is 13.0. The van der Waals surface area contributed by atoms with Crippen molar-refractivity contribution in [2.24, 2.45) is 0 Å². The molecule has 1 fully saturated rings. The third kappa shape index (κ3) is 4.66. The molecule has 4 rings (SSSR count). The average molecular weight is 425 g/mol. The Kier molecular flexibility index (Phi) is 5.59. The molecule has 0 amide bonds. The smallest absolute Gasteiger partial charge is 0.382 e. The molecule has 0 atom stereocenters. The lowest BCUT2D eigenvalue weighted by Gasteiger charge is -2.31. The molecule has 31 heavy (non-hydrogen) atoms. The van der Waals surface area contributed by atoms with E-state index in [1.54, 1.807) is 24.3 Å². The molecule has 160 valence electrons. The van der Waals surface area contributed by atoms with E-state index >= 15 is 0 Å². The van der Waals surface area contributed by atoms with Gasteiger partial charge in [-0.3, -0.25) is 4.40 Å². The van der Waals surface area contributed by atoms with E-state index in [1.165, 1.54) is 4.40 Å². The van der Waals surface area contributed by atoms with Gasteiger partial charge in [0.15, 0.2) is 5.69 Å². The molecule has 0 unspecified atom stereocenters. The van der Waals surface area contributed by atoms with Crippen LogP contribution in [-0.4, -0.2) is 21.5 Å². The zero-order valence-electron chi connectivity index (χ0n) is 16.8. The number of fused-ring (bicyclic) bond motifs is 1. The van der Waals surface area contributed by atoms with Crippen LogP contribution < -0.4 is 10.6 Å². The van der Waals surface area contributed by atoms with Crippen molar-refractivity contribution in [3.8, 4) is 6.07 Å². The van der Waals surface area contributed by atoms with Gasteiger partial charge in [-0.15, -0.1) is 0 Å². The highest BCUT2D eigenvalue weighted by molar-refractivity contribution is 5.63. The molecule has 0 radical (unpaired) electrons. The molecule has 5 nitrogen and oxygen atoms in total. The molecule has 1 aliphatic carbocycles. The van der Waals surface area contributed by atoms with Gasteiger partial charge < -0.3 is 10.6 Å². The van der Waals surface area contributed by atoms with Crippen molar-refractivity contribution >= 4 is 17.2 Å². The van der Waals surface area contributed by atoms with Gasteiger partial charge in [-0.05, 0) is 55.5 Å². The van der Waals surface area contributed by atoms with E-state index in [-0.39, 0.29) is 17.7 Å². The maximum atomic E-state index is 13.0. The number of hydrogen-bond donors (Lipinski definition) is 2. The Hall–Kier alpha value is -3.47. The number of halogens is 3. The maximum Gasteiger partial charge on any atom is 0.434 e. The average Bonchev–Trinajstić information content (AvgIpc) is 3.21. The molecule has 2 aromatic heterocycles. The molecular weight excluding hydrogens is 403 g/mol. The topological polar surface area (TPSA) is 65.2 Å². The molecule has 1 saturated carbocycles. The van der Waals surface area contributed by atoms with E-state index < -0.39 is 11.9 Å². The van der Waals surface area contributed by atoms with Gasteiger partial charge in [-0.25, -0.2) is 4.98 Å². The molecule has 0 aliphatic heterocycles. The van der Waals surface area contributed by atoms with Crippen LogP contribution >= 0.6 is 0 Å². The number of hydrogen-bond acceptors (Lipinski definition) is 4. The monoisotopic (exact) mass is 425 g/mol. The van der Waals surface area contributed by atoms with Crippen LogP contribution in [0.4, 0.5) is 19.0 Å². The van der Waals surface area contributed by atoms with Crippen LogP contribution in [0.2, 0.25) is 0 Å². The number of nitrogens with zero attached hydrogens (tertiary/aromatic N) is 3. The van der Waals surface area contributed by atoms with E-state index in [1.807, 2.05) is 18.2 Å². The largest absolute Gasteiger partial charge is 0.434 e. The van der Waals surface area contributed by atoms with E-state index in [0.717, 1.165) is 43.1 Å². The Morgan fingerprint density at radius 1 is 1.10 bits per heavy atom. The highest BCUT2D eigenvalue weighted by Gasteiger charge is 2.34. The molecule has 2 heterocycles. The van der Waals surface area contributed by atoms with Gasteiger partial charge in [0.2, 0.25) is 0 Å². The Bertz CT molecular complexity index is 1130. The molecule has 0 bridgehead atoms. The summed E-state index contributed by atoms with van der Waals surface area (Å²) in [5.74, 6) is 0.606.